The Kier molecular flexibility index (Phi) is 5.52. The quantitative estimate of drug-likeness (QED) is 0.714. The second-order valence-corrected chi connectivity index (χ2v) is 6.32. The molecule has 1 N–H and O–H groups in total. The van der Waals surface area contributed by atoms with Gasteiger partial charge in [-0.25, -0.2) is 0 Å². The van der Waals surface area contributed by atoms with Crippen molar-refractivity contribution >= 4 is 49.1 Å². The number of rotatable bonds is 5. The molecule has 0 saturated heterocycles. The smallest absolute Gasteiger partial charge is 0.0767 e. The summed E-state index contributed by atoms with van der Waals surface area (Å²) in [5.41, 5.74) is 3.22. The van der Waals surface area contributed by atoms with Gasteiger partial charge in [0.05, 0.1) is 37.6 Å². The third kappa shape index (κ3) is 3.21. The minimum atomic E-state index is 0.695. The first kappa shape index (κ1) is 15.9. The summed E-state index contributed by atoms with van der Waals surface area (Å²) in [6, 6.07) is 5.79. The predicted octanol–water partition coefficient (Wildman–Crippen LogP) is 5.26. The summed E-state index contributed by atoms with van der Waals surface area (Å²) in [4.78, 5) is 0. The predicted molar refractivity (Wildman–Crippen MR) is 91.5 cm³/mol. The SMILES string of the molecule is CCc1nn(CC)c(CNc2cccc(Cl)c2Br)c1Br. The van der Waals surface area contributed by atoms with Crippen molar-refractivity contribution in [2.24, 2.45) is 0 Å². The molecule has 0 atom stereocenters. The molecule has 0 unspecified atom stereocenters. The molecule has 0 bridgehead atoms. The maximum atomic E-state index is 6.10. The minimum absolute atomic E-state index is 0.695. The van der Waals surface area contributed by atoms with Crippen LogP contribution in [0.5, 0.6) is 0 Å². The Morgan fingerprint density at radius 2 is 2.00 bits per heavy atom. The molecule has 0 aliphatic heterocycles. The van der Waals surface area contributed by atoms with Crippen molar-refractivity contribution in [2.75, 3.05) is 5.32 Å². The van der Waals surface area contributed by atoms with Crippen LogP contribution in [0.2, 0.25) is 5.02 Å². The highest BCUT2D eigenvalue weighted by atomic mass is 79.9. The number of benzene rings is 1. The lowest BCUT2D eigenvalue weighted by molar-refractivity contribution is 0.619. The van der Waals surface area contributed by atoms with Gasteiger partial charge in [-0.1, -0.05) is 24.6 Å². The molecule has 1 aromatic carbocycles. The number of halogens is 3. The average Bonchev–Trinajstić information content (AvgIpc) is 2.76. The first-order valence-electron chi connectivity index (χ1n) is 6.50. The van der Waals surface area contributed by atoms with Crippen LogP contribution in [-0.2, 0) is 19.5 Å². The van der Waals surface area contributed by atoms with E-state index in [9.17, 15) is 0 Å². The number of aryl methyl sites for hydroxylation is 2. The first-order chi connectivity index (χ1) is 9.58. The second kappa shape index (κ2) is 6.96. The summed E-state index contributed by atoms with van der Waals surface area (Å²) < 4.78 is 4.00. The third-order valence-electron chi connectivity index (χ3n) is 3.09. The molecule has 0 radical (unpaired) electrons. The molecule has 3 nitrogen and oxygen atoms in total. The molecule has 6 heteroatoms. The molecule has 0 aliphatic rings. The van der Waals surface area contributed by atoms with Gasteiger partial charge in [0.1, 0.15) is 0 Å². The lowest BCUT2D eigenvalue weighted by Gasteiger charge is -2.11. The van der Waals surface area contributed by atoms with E-state index in [1.807, 2.05) is 22.9 Å². The summed E-state index contributed by atoms with van der Waals surface area (Å²) in [6.07, 6.45) is 0.918. The lowest BCUT2D eigenvalue weighted by Crippen LogP contribution is -2.08. The Balaban J connectivity index is 2.22. The van der Waals surface area contributed by atoms with E-state index < -0.39 is 0 Å². The van der Waals surface area contributed by atoms with Gasteiger partial charge >= 0.3 is 0 Å². The standard InChI is InChI=1S/C14H16Br2ClN3/c1-3-10-14(16)12(20(4-2)19-10)8-18-11-7-5-6-9(17)13(11)15/h5-7,18H,3-4,8H2,1-2H3. The fourth-order valence-electron chi connectivity index (χ4n) is 2.01. The number of nitrogens with one attached hydrogen (secondary N) is 1. The molecule has 0 fully saturated rings. The van der Waals surface area contributed by atoms with Gasteiger partial charge in [0.25, 0.3) is 0 Å². The van der Waals surface area contributed by atoms with Gasteiger partial charge in [0.2, 0.25) is 0 Å². The molecule has 2 aromatic rings. The van der Waals surface area contributed by atoms with Gasteiger partial charge in [0, 0.05) is 6.54 Å². The number of hydrogen-bond acceptors (Lipinski definition) is 2. The monoisotopic (exact) mass is 419 g/mol. The van der Waals surface area contributed by atoms with Gasteiger partial charge in [-0.05, 0) is 57.3 Å². The zero-order chi connectivity index (χ0) is 14.7. The van der Waals surface area contributed by atoms with E-state index in [-0.39, 0.29) is 0 Å². The summed E-state index contributed by atoms with van der Waals surface area (Å²) in [5, 5.41) is 8.69. The molecule has 0 amide bonds. The van der Waals surface area contributed by atoms with Crippen LogP contribution in [0.4, 0.5) is 5.69 Å². The van der Waals surface area contributed by atoms with Crippen molar-refractivity contribution < 1.29 is 0 Å². The fourth-order valence-corrected chi connectivity index (χ4v) is 3.29. The van der Waals surface area contributed by atoms with Crippen LogP contribution < -0.4 is 5.32 Å². The van der Waals surface area contributed by atoms with E-state index in [4.69, 9.17) is 11.6 Å². The molecule has 2 rings (SSSR count). The van der Waals surface area contributed by atoms with Crippen molar-refractivity contribution in [1.29, 1.82) is 0 Å². The largest absolute Gasteiger partial charge is 0.378 e. The van der Waals surface area contributed by atoms with Crippen LogP contribution >= 0.6 is 43.5 Å². The van der Waals surface area contributed by atoms with E-state index >= 15 is 0 Å². The van der Waals surface area contributed by atoms with Crippen LogP contribution in [-0.4, -0.2) is 9.78 Å². The first-order valence-corrected chi connectivity index (χ1v) is 8.46. The maximum Gasteiger partial charge on any atom is 0.0767 e. The zero-order valence-electron chi connectivity index (χ0n) is 11.4. The summed E-state index contributed by atoms with van der Waals surface area (Å²) >= 11 is 13.2. The molecular formula is C14H16Br2ClN3. The fraction of sp³-hybridized carbons (Fsp3) is 0.357. The molecule has 1 heterocycles. The van der Waals surface area contributed by atoms with Gasteiger partial charge in [-0.3, -0.25) is 4.68 Å². The van der Waals surface area contributed by atoms with Crippen LogP contribution in [0, 0.1) is 0 Å². The van der Waals surface area contributed by atoms with Crippen LogP contribution in [0.3, 0.4) is 0 Å². The van der Waals surface area contributed by atoms with Crippen molar-refractivity contribution in [3.05, 3.63) is 43.6 Å². The van der Waals surface area contributed by atoms with E-state index in [0.717, 1.165) is 39.0 Å². The zero-order valence-corrected chi connectivity index (χ0v) is 15.3. The van der Waals surface area contributed by atoms with Crippen molar-refractivity contribution in [1.82, 2.24) is 9.78 Å². The van der Waals surface area contributed by atoms with E-state index in [1.54, 1.807) is 0 Å². The molecule has 0 saturated carbocycles. The van der Waals surface area contributed by atoms with E-state index in [1.165, 1.54) is 0 Å². The second-order valence-electron chi connectivity index (χ2n) is 4.33. The van der Waals surface area contributed by atoms with Crippen molar-refractivity contribution in [3.8, 4) is 0 Å². The molecule has 20 heavy (non-hydrogen) atoms. The molecule has 1 aromatic heterocycles. The Bertz CT molecular complexity index is 611. The number of aromatic nitrogens is 2. The molecular weight excluding hydrogens is 405 g/mol. The Labute approximate surface area is 141 Å². The Morgan fingerprint density at radius 3 is 2.65 bits per heavy atom. The number of nitrogens with zero attached hydrogens (tertiary/aromatic N) is 2. The highest BCUT2D eigenvalue weighted by Crippen LogP contribution is 2.31. The Morgan fingerprint density at radius 1 is 1.25 bits per heavy atom. The highest BCUT2D eigenvalue weighted by Gasteiger charge is 2.14. The van der Waals surface area contributed by atoms with Crippen LogP contribution in [0.15, 0.2) is 27.1 Å². The van der Waals surface area contributed by atoms with E-state index in [2.05, 4.69) is 56.1 Å². The van der Waals surface area contributed by atoms with Crippen molar-refractivity contribution in [2.45, 2.75) is 33.4 Å². The van der Waals surface area contributed by atoms with E-state index in [0.29, 0.717) is 11.6 Å². The van der Waals surface area contributed by atoms with Gasteiger partial charge in [0.15, 0.2) is 0 Å². The van der Waals surface area contributed by atoms with Crippen LogP contribution in [0.1, 0.15) is 25.2 Å². The van der Waals surface area contributed by atoms with Gasteiger partial charge in [-0.2, -0.15) is 5.10 Å². The minimum Gasteiger partial charge on any atom is -0.378 e. The summed E-state index contributed by atoms with van der Waals surface area (Å²) in [6.45, 7) is 5.75. The highest BCUT2D eigenvalue weighted by molar-refractivity contribution is 9.11. The van der Waals surface area contributed by atoms with Crippen molar-refractivity contribution in [3.63, 3.8) is 0 Å². The molecule has 0 aliphatic carbocycles. The average molecular weight is 422 g/mol. The molecule has 0 spiro atoms. The van der Waals surface area contributed by atoms with Gasteiger partial charge < -0.3 is 5.32 Å². The molecule has 108 valence electrons. The summed E-state index contributed by atoms with van der Waals surface area (Å²) in [5.74, 6) is 0. The number of hydrogen-bond donors (Lipinski definition) is 1. The lowest BCUT2D eigenvalue weighted by atomic mass is 10.3. The third-order valence-corrected chi connectivity index (χ3v) is 5.40. The normalized spacial score (nSPS) is 10.8. The maximum absolute atomic E-state index is 6.10. The topological polar surface area (TPSA) is 29.9 Å². The summed E-state index contributed by atoms with van der Waals surface area (Å²) in [7, 11) is 0. The number of anilines is 1. The van der Waals surface area contributed by atoms with Crippen LogP contribution in [0.25, 0.3) is 0 Å². The van der Waals surface area contributed by atoms with Gasteiger partial charge in [-0.15, -0.1) is 0 Å². The Hall–Kier alpha value is -0.520.